The Kier molecular flexibility index (Phi) is 4.77. The Labute approximate surface area is 160 Å². The molecule has 2 aromatic heterocycles. The van der Waals surface area contributed by atoms with Crippen LogP contribution < -0.4 is 0 Å². The second-order valence-corrected chi connectivity index (χ2v) is 7.05. The summed E-state index contributed by atoms with van der Waals surface area (Å²) < 4.78 is 20.6. The van der Waals surface area contributed by atoms with Gasteiger partial charge >= 0.3 is 0 Å². The van der Waals surface area contributed by atoms with Crippen molar-refractivity contribution >= 4 is 11.8 Å². The molecule has 4 rings (SSSR count). The number of nitrogens with zero attached hydrogens (tertiary/aromatic N) is 4. The minimum atomic E-state index is -0.275. The third-order valence-corrected chi connectivity index (χ3v) is 5.36. The van der Waals surface area contributed by atoms with E-state index in [1.54, 1.807) is 23.9 Å². The van der Waals surface area contributed by atoms with Crippen molar-refractivity contribution in [2.75, 3.05) is 0 Å². The molecule has 27 heavy (non-hydrogen) atoms. The second kappa shape index (κ2) is 7.36. The van der Waals surface area contributed by atoms with Crippen LogP contribution in [0.25, 0.3) is 22.7 Å². The quantitative estimate of drug-likeness (QED) is 0.462. The van der Waals surface area contributed by atoms with Gasteiger partial charge in [0.2, 0.25) is 0 Å². The Balaban J connectivity index is 1.52. The molecule has 5 nitrogen and oxygen atoms in total. The van der Waals surface area contributed by atoms with Crippen LogP contribution >= 0.6 is 11.8 Å². The average Bonchev–Trinajstić information content (AvgIpc) is 3.24. The molecule has 0 aliphatic carbocycles. The van der Waals surface area contributed by atoms with Crippen LogP contribution in [-0.2, 0) is 12.8 Å². The van der Waals surface area contributed by atoms with E-state index in [-0.39, 0.29) is 5.82 Å². The summed E-state index contributed by atoms with van der Waals surface area (Å²) in [5, 5.41) is 13.6. The summed E-state index contributed by atoms with van der Waals surface area (Å²) in [6.45, 7) is 1.96. The van der Waals surface area contributed by atoms with E-state index in [0.717, 1.165) is 33.4 Å². The first-order chi connectivity index (χ1) is 13.1. The van der Waals surface area contributed by atoms with Crippen LogP contribution in [0.5, 0.6) is 0 Å². The van der Waals surface area contributed by atoms with E-state index in [0.29, 0.717) is 11.5 Å². The van der Waals surface area contributed by atoms with Crippen molar-refractivity contribution in [3.63, 3.8) is 0 Å². The highest BCUT2D eigenvalue weighted by molar-refractivity contribution is 7.98. The molecule has 4 aromatic rings. The Morgan fingerprint density at radius 1 is 1.00 bits per heavy atom. The average molecular weight is 380 g/mol. The van der Waals surface area contributed by atoms with Crippen molar-refractivity contribution < 1.29 is 8.91 Å². The largest absolute Gasteiger partial charge is 0.356 e. The van der Waals surface area contributed by atoms with Gasteiger partial charge in [-0.15, -0.1) is 10.2 Å². The molecule has 0 spiro atoms. The number of rotatable bonds is 5. The molecule has 0 aliphatic rings. The van der Waals surface area contributed by atoms with Crippen molar-refractivity contribution in [1.82, 2.24) is 19.9 Å². The zero-order chi connectivity index (χ0) is 18.8. The predicted molar refractivity (Wildman–Crippen MR) is 103 cm³/mol. The van der Waals surface area contributed by atoms with Crippen molar-refractivity contribution in [3.8, 4) is 22.7 Å². The highest BCUT2D eigenvalue weighted by Gasteiger charge is 2.16. The molecule has 0 saturated carbocycles. The third-order valence-electron chi connectivity index (χ3n) is 4.33. The first-order valence-corrected chi connectivity index (χ1v) is 9.40. The van der Waals surface area contributed by atoms with Gasteiger partial charge in [-0.25, -0.2) is 4.39 Å². The summed E-state index contributed by atoms with van der Waals surface area (Å²) in [5.41, 5.74) is 3.61. The summed E-state index contributed by atoms with van der Waals surface area (Å²) in [6.07, 6.45) is 0. The van der Waals surface area contributed by atoms with E-state index < -0.39 is 0 Å². The fourth-order valence-electron chi connectivity index (χ4n) is 2.79. The van der Waals surface area contributed by atoms with Crippen LogP contribution in [0.1, 0.15) is 11.3 Å². The number of thioether (sulfide) groups is 1. The van der Waals surface area contributed by atoms with Crippen molar-refractivity contribution in [1.29, 1.82) is 0 Å². The summed E-state index contributed by atoms with van der Waals surface area (Å²) in [7, 11) is 1.95. The topological polar surface area (TPSA) is 56.7 Å². The monoisotopic (exact) mass is 380 g/mol. The molecule has 0 radical (unpaired) electrons. The van der Waals surface area contributed by atoms with Gasteiger partial charge in [-0.3, -0.25) is 0 Å². The molecule has 0 N–H and O–H groups in total. The number of hydrogen-bond donors (Lipinski definition) is 0. The second-order valence-electron chi connectivity index (χ2n) is 6.11. The van der Waals surface area contributed by atoms with Gasteiger partial charge in [-0.05, 0) is 31.2 Å². The lowest BCUT2D eigenvalue weighted by atomic mass is 10.1. The number of aromatic nitrogens is 4. The highest BCUT2D eigenvalue weighted by atomic mass is 32.2. The molecular weight excluding hydrogens is 363 g/mol. The minimum Gasteiger partial charge on any atom is -0.356 e. The van der Waals surface area contributed by atoms with E-state index in [1.807, 2.05) is 48.9 Å². The van der Waals surface area contributed by atoms with Crippen molar-refractivity contribution in [2.45, 2.75) is 17.8 Å². The number of hydrogen-bond acceptors (Lipinski definition) is 5. The fraction of sp³-hybridized carbons (Fsp3) is 0.150. The molecule has 0 saturated heterocycles. The maximum atomic E-state index is 13.1. The number of halogens is 1. The van der Waals surface area contributed by atoms with Gasteiger partial charge < -0.3 is 9.09 Å². The highest BCUT2D eigenvalue weighted by Crippen LogP contribution is 2.30. The van der Waals surface area contributed by atoms with Crippen LogP contribution in [0, 0.1) is 12.7 Å². The zero-order valence-corrected chi connectivity index (χ0v) is 15.7. The molecule has 7 heteroatoms. The van der Waals surface area contributed by atoms with Crippen molar-refractivity contribution in [3.05, 3.63) is 71.7 Å². The van der Waals surface area contributed by atoms with E-state index in [4.69, 9.17) is 4.52 Å². The van der Waals surface area contributed by atoms with Gasteiger partial charge in [-0.1, -0.05) is 47.3 Å². The van der Waals surface area contributed by atoms with Crippen LogP contribution in [0.15, 0.2) is 64.3 Å². The molecular formula is C20H17FN4OS. The Bertz CT molecular complexity index is 1060. The van der Waals surface area contributed by atoms with Crippen LogP contribution in [0.3, 0.4) is 0 Å². The van der Waals surface area contributed by atoms with E-state index in [9.17, 15) is 4.39 Å². The standard InChI is InChI=1S/C20H17FN4OS/c1-13-17(24-26-18(13)14-8-10-16(21)11-9-14)12-27-20-23-22-19(25(20)2)15-6-4-3-5-7-15/h3-11H,12H2,1-2H3. The Morgan fingerprint density at radius 3 is 2.48 bits per heavy atom. The molecule has 0 aliphatic heterocycles. The maximum absolute atomic E-state index is 13.1. The lowest BCUT2D eigenvalue weighted by Crippen LogP contribution is -1.95. The third kappa shape index (κ3) is 3.50. The molecule has 0 atom stereocenters. The van der Waals surface area contributed by atoms with Crippen LogP contribution in [0.2, 0.25) is 0 Å². The Hall–Kier alpha value is -2.93. The SMILES string of the molecule is Cc1c(CSc2nnc(-c3ccccc3)n2C)noc1-c1ccc(F)cc1. The summed E-state index contributed by atoms with van der Waals surface area (Å²) in [5.74, 6) is 1.82. The molecule has 0 unspecified atom stereocenters. The van der Waals surface area contributed by atoms with Gasteiger partial charge in [0.25, 0.3) is 0 Å². The smallest absolute Gasteiger partial charge is 0.191 e. The Morgan fingerprint density at radius 2 is 1.74 bits per heavy atom. The predicted octanol–water partition coefficient (Wildman–Crippen LogP) is 4.88. The molecule has 0 amide bonds. The van der Waals surface area contributed by atoms with E-state index in [1.165, 1.54) is 12.1 Å². The van der Waals surface area contributed by atoms with Crippen LogP contribution in [-0.4, -0.2) is 19.9 Å². The molecule has 2 aromatic carbocycles. The minimum absolute atomic E-state index is 0.275. The van der Waals surface area contributed by atoms with Gasteiger partial charge in [-0.2, -0.15) is 0 Å². The van der Waals surface area contributed by atoms with Crippen molar-refractivity contribution in [2.24, 2.45) is 7.05 Å². The summed E-state index contributed by atoms with van der Waals surface area (Å²) in [4.78, 5) is 0. The molecule has 2 heterocycles. The lowest BCUT2D eigenvalue weighted by molar-refractivity contribution is 0.426. The molecule has 136 valence electrons. The maximum Gasteiger partial charge on any atom is 0.191 e. The zero-order valence-electron chi connectivity index (χ0n) is 14.9. The van der Waals surface area contributed by atoms with Gasteiger partial charge in [0.05, 0.1) is 5.69 Å². The summed E-state index contributed by atoms with van der Waals surface area (Å²) in [6, 6.07) is 16.2. The number of benzene rings is 2. The fourth-order valence-corrected chi connectivity index (χ4v) is 3.70. The lowest BCUT2D eigenvalue weighted by Gasteiger charge is -2.03. The van der Waals surface area contributed by atoms with E-state index in [2.05, 4.69) is 15.4 Å². The van der Waals surface area contributed by atoms with Gasteiger partial charge in [0.15, 0.2) is 16.7 Å². The molecule has 0 fully saturated rings. The molecule has 0 bridgehead atoms. The summed E-state index contributed by atoms with van der Waals surface area (Å²) >= 11 is 1.55. The first kappa shape index (κ1) is 17.5. The first-order valence-electron chi connectivity index (χ1n) is 8.42. The normalized spacial score (nSPS) is 11.1. The van der Waals surface area contributed by atoms with Gasteiger partial charge in [0, 0.05) is 29.5 Å². The van der Waals surface area contributed by atoms with E-state index >= 15 is 0 Å². The van der Waals surface area contributed by atoms with Gasteiger partial charge in [0.1, 0.15) is 5.82 Å². The van der Waals surface area contributed by atoms with Crippen LogP contribution in [0.4, 0.5) is 4.39 Å².